The van der Waals surface area contributed by atoms with E-state index >= 15 is 0 Å². The number of nitrogens with zero attached hydrogens (tertiary/aromatic N) is 2. The Kier molecular flexibility index (Phi) is 7.26. The van der Waals surface area contributed by atoms with Crippen molar-refractivity contribution in [2.75, 3.05) is 27.0 Å². The number of hydrogen-bond acceptors (Lipinski definition) is 4. The number of halogens is 2. The molecule has 2 N–H and O–H groups in total. The van der Waals surface area contributed by atoms with E-state index in [0.29, 0.717) is 6.42 Å². The molecule has 0 heterocycles. The zero-order valence-corrected chi connectivity index (χ0v) is 11.7. The maximum absolute atomic E-state index is 12.2. The largest absolute Gasteiger partial charge is 0.275 e. The fraction of sp³-hybridized carbons (Fsp3) is 0.889. The summed E-state index contributed by atoms with van der Waals surface area (Å²) in [5.41, 5.74) is 5.56. The molecule has 0 spiro atoms. The van der Waals surface area contributed by atoms with E-state index in [1.165, 1.54) is 10.2 Å². The van der Waals surface area contributed by atoms with Crippen molar-refractivity contribution in [3.8, 4) is 0 Å². The number of amides is 1. The van der Waals surface area contributed by atoms with E-state index in [1.807, 2.05) is 6.92 Å². The van der Waals surface area contributed by atoms with Crippen LogP contribution in [0.4, 0.5) is 0 Å². The molecular formula is C9H20Cl2N4O. The minimum Gasteiger partial charge on any atom is -0.270 e. The standard InChI is InChI=1S/C9H20Cl2N4O/c1-5-6-9(11,7-10)8(16)15(13-3)14(4)12-2/h12-13H,5-7H2,1-4H3. The van der Waals surface area contributed by atoms with Gasteiger partial charge in [0.2, 0.25) is 0 Å². The average Bonchev–Trinajstić information content (AvgIpc) is 2.29. The predicted octanol–water partition coefficient (Wildman–Crippen LogP) is 0.947. The lowest BCUT2D eigenvalue weighted by atomic mass is 10.0. The number of hydrogen-bond donors (Lipinski definition) is 2. The molecule has 0 rings (SSSR count). The summed E-state index contributed by atoms with van der Waals surface area (Å²) >= 11 is 12.0. The molecule has 1 amide bonds. The van der Waals surface area contributed by atoms with Crippen LogP contribution in [0.1, 0.15) is 19.8 Å². The minimum atomic E-state index is -1.07. The molecule has 0 aromatic rings. The molecule has 16 heavy (non-hydrogen) atoms. The van der Waals surface area contributed by atoms with Crippen molar-refractivity contribution in [3.05, 3.63) is 0 Å². The lowest BCUT2D eigenvalue weighted by Crippen LogP contribution is -2.61. The van der Waals surface area contributed by atoms with Gasteiger partial charge in [0.05, 0.1) is 5.88 Å². The van der Waals surface area contributed by atoms with Gasteiger partial charge >= 0.3 is 0 Å². The predicted molar refractivity (Wildman–Crippen MR) is 66.9 cm³/mol. The molecule has 0 fully saturated rings. The number of alkyl halides is 2. The molecule has 0 radical (unpaired) electrons. The number of hydrazine groups is 3. The van der Waals surface area contributed by atoms with Crippen molar-refractivity contribution in [2.45, 2.75) is 24.6 Å². The first-order valence-corrected chi connectivity index (χ1v) is 6.06. The molecule has 0 aliphatic heterocycles. The van der Waals surface area contributed by atoms with E-state index in [4.69, 9.17) is 23.2 Å². The highest BCUT2D eigenvalue weighted by atomic mass is 35.5. The quantitative estimate of drug-likeness (QED) is 0.534. The summed E-state index contributed by atoms with van der Waals surface area (Å²) in [5.74, 6) is -0.192. The van der Waals surface area contributed by atoms with Gasteiger partial charge in [-0.3, -0.25) is 4.79 Å². The highest BCUT2D eigenvalue weighted by Crippen LogP contribution is 2.26. The van der Waals surface area contributed by atoms with Gasteiger partial charge in [-0.1, -0.05) is 13.3 Å². The normalized spacial score (nSPS) is 14.9. The van der Waals surface area contributed by atoms with Gasteiger partial charge in [-0.15, -0.1) is 28.3 Å². The molecule has 7 heteroatoms. The Hall–Kier alpha value is -0.0700. The second-order valence-corrected chi connectivity index (χ2v) is 4.43. The second kappa shape index (κ2) is 7.29. The van der Waals surface area contributed by atoms with Crippen LogP contribution in [0.2, 0.25) is 0 Å². The van der Waals surface area contributed by atoms with Crippen molar-refractivity contribution in [1.82, 2.24) is 21.1 Å². The van der Waals surface area contributed by atoms with Crippen molar-refractivity contribution in [3.63, 3.8) is 0 Å². The molecule has 0 aliphatic carbocycles. The third-order valence-electron chi connectivity index (χ3n) is 2.27. The fourth-order valence-corrected chi connectivity index (χ4v) is 1.82. The lowest BCUT2D eigenvalue weighted by molar-refractivity contribution is -0.162. The monoisotopic (exact) mass is 270 g/mol. The second-order valence-electron chi connectivity index (χ2n) is 3.44. The van der Waals surface area contributed by atoms with E-state index in [-0.39, 0.29) is 11.8 Å². The average molecular weight is 271 g/mol. The van der Waals surface area contributed by atoms with Crippen molar-refractivity contribution in [2.24, 2.45) is 0 Å². The third kappa shape index (κ3) is 3.75. The van der Waals surface area contributed by atoms with Crippen LogP contribution in [0.25, 0.3) is 0 Å². The highest BCUT2D eigenvalue weighted by Gasteiger charge is 2.39. The van der Waals surface area contributed by atoms with Crippen LogP contribution < -0.4 is 10.9 Å². The molecule has 0 saturated heterocycles. The van der Waals surface area contributed by atoms with Gasteiger partial charge in [0.1, 0.15) is 4.87 Å². The van der Waals surface area contributed by atoms with Crippen molar-refractivity contribution < 1.29 is 4.79 Å². The summed E-state index contributed by atoms with van der Waals surface area (Å²) in [7, 11) is 5.04. The molecule has 96 valence electrons. The maximum atomic E-state index is 12.2. The first-order chi connectivity index (χ1) is 7.46. The summed E-state index contributed by atoms with van der Waals surface area (Å²) in [6.45, 7) is 1.96. The van der Waals surface area contributed by atoms with Crippen LogP contribution in [0.5, 0.6) is 0 Å². The molecule has 0 bridgehead atoms. The SMILES string of the molecule is CCCC(Cl)(CCl)C(=O)N(NC)N(C)NC. The summed E-state index contributed by atoms with van der Waals surface area (Å²) in [6.07, 6.45) is 1.33. The van der Waals surface area contributed by atoms with Gasteiger partial charge in [0.25, 0.3) is 5.91 Å². The smallest absolute Gasteiger partial charge is 0.270 e. The van der Waals surface area contributed by atoms with E-state index in [2.05, 4.69) is 10.9 Å². The Balaban J connectivity index is 4.82. The third-order valence-corrected chi connectivity index (χ3v) is 3.35. The van der Waals surface area contributed by atoms with Gasteiger partial charge in [0.15, 0.2) is 0 Å². The van der Waals surface area contributed by atoms with Gasteiger partial charge in [0, 0.05) is 21.1 Å². The molecule has 0 aromatic heterocycles. The van der Waals surface area contributed by atoms with Crippen LogP contribution in [-0.2, 0) is 4.79 Å². The molecule has 1 unspecified atom stereocenters. The zero-order chi connectivity index (χ0) is 12.8. The van der Waals surface area contributed by atoms with Crippen LogP contribution >= 0.6 is 23.2 Å². The van der Waals surface area contributed by atoms with Crippen molar-refractivity contribution >= 4 is 29.1 Å². The number of carbonyl (C=O) groups is 1. The van der Waals surface area contributed by atoms with Crippen LogP contribution in [0, 0.1) is 0 Å². The lowest BCUT2D eigenvalue weighted by Gasteiger charge is -2.35. The van der Waals surface area contributed by atoms with Gasteiger partial charge in [-0.05, 0) is 6.42 Å². The van der Waals surface area contributed by atoms with Crippen molar-refractivity contribution in [1.29, 1.82) is 0 Å². The Bertz CT molecular complexity index is 230. The first-order valence-electron chi connectivity index (χ1n) is 5.14. The van der Waals surface area contributed by atoms with Crippen LogP contribution in [0.15, 0.2) is 0 Å². The van der Waals surface area contributed by atoms with Gasteiger partial charge < -0.3 is 0 Å². The van der Waals surface area contributed by atoms with E-state index < -0.39 is 4.87 Å². The van der Waals surface area contributed by atoms with E-state index in [1.54, 1.807) is 21.1 Å². The number of carbonyl (C=O) groups excluding carboxylic acids is 1. The maximum Gasteiger partial charge on any atom is 0.275 e. The summed E-state index contributed by atoms with van der Waals surface area (Å²) in [5, 5.41) is 2.80. The van der Waals surface area contributed by atoms with E-state index in [9.17, 15) is 4.79 Å². The summed E-state index contributed by atoms with van der Waals surface area (Å²) in [6, 6.07) is 0. The Morgan fingerprint density at radius 3 is 2.25 bits per heavy atom. The summed E-state index contributed by atoms with van der Waals surface area (Å²) < 4.78 is 0. The molecule has 0 aromatic carbocycles. The number of rotatable bonds is 7. The molecule has 1 atom stereocenters. The van der Waals surface area contributed by atoms with Crippen LogP contribution in [0.3, 0.4) is 0 Å². The van der Waals surface area contributed by atoms with E-state index in [0.717, 1.165) is 6.42 Å². The minimum absolute atomic E-state index is 0.0803. The highest BCUT2D eigenvalue weighted by molar-refractivity contribution is 6.39. The van der Waals surface area contributed by atoms with Crippen LogP contribution in [-0.4, -0.2) is 48.0 Å². The fourth-order valence-electron chi connectivity index (χ4n) is 1.30. The molecule has 0 saturated carbocycles. The Labute approximate surface area is 107 Å². The number of nitrogens with one attached hydrogen (secondary N) is 2. The molecule has 5 nitrogen and oxygen atoms in total. The first kappa shape index (κ1) is 15.9. The van der Waals surface area contributed by atoms with Gasteiger partial charge in [-0.25, -0.2) is 10.9 Å². The Morgan fingerprint density at radius 1 is 1.38 bits per heavy atom. The Morgan fingerprint density at radius 2 is 1.94 bits per heavy atom. The molecule has 0 aliphatic rings. The summed E-state index contributed by atoms with van der Waals surface area (Å²) in [4.78, 5) is 11.1. The molecular weight excluding hydrogens is 251 g/mol. The zero-order valence-electron chi connectivity index (χ0n) is 10.2. The topological polar surface area (TPSA) is 47.6 Å². The van der Waals surface area contributed by atoms with Gasteiger partial charge in [-0.2, -0.15) is 5.12 Å².